The Balaban J connectivity index is 0.000000209. The van der Waals surface area contributed by atoms with Crippen LogP contribution >= 0.6 is 0 Å². The summed E-state index contributed by atoms with van der Waals surface area (Å²) in [4.78, 5) is 10.4. The molecule has 1 aliphatic carbocycles. The van der Waals surface area contributed by atoms with Crippen molar-refractivity contribution in [1.29, 1.82) is 0 Å². The third kappa shape index (κ3) is 6.61. The molecule has 4 heteroatoms. The minimum absolute atomic E-state index is 0.120. The number of ether oxygens (including phenoxy) is 1. The second kappa shape index (κ2) is 10.3. The summed E-state index contributed by atoms with van der Waals surface area (Å²) in [6.07, 6.45) is 5.77. The zero-order valence-corrected chi connectivity index (χ0v) is 14.7. The normalized spacial score (nSPS) is 22.3. The number of hydrogen-bond donors (Lipinski definition) is 2. The van der Waals surface area contributed by atoms with Crippen LogP contribution in [-0.2, 0) is 11.2 Å². The Morgan fingerprint density at radius 3 is 2.61 bits per heavy atom. The average molecular weight is 321 g/mol. The van der Waals surface area contributed by atoms with Crippen molar-refractivity contribution in [3.8, 4) is 5.75 Å². The molecule has 0 radical (unpaired) electrons. The lowest BCUT2D eigenvalue weighted by Crippen LogP contribution is -2.31. The number of carboxylic acid groups (broad SMARTS) is 1. The zero-order chi connectivity index (χ0) is 17.2. The van der Waals surface area contributed by atoms with E-state index < -0.39 is 5.97 Å². The van der Waals surface area contributed by atoms with E-state index in [9.17, 15) is 4.79 Å². The van der Waals surface area contributed by atoms with E-state index in [2.05, 4.69) is 25.1 Å². The fraction of sp³-hybridized carbons (Fsp3) is 0.632. The maximum atomic E-state index is 10.4. The fourth-order valence-electron chi connectivity index (χ4n) is 2.90. The van der Waals surface area contributed by atoms with Crippen molar-refractivity contribution < 1.29 is 14.6 Å². The molecule has 1 aromatic carbocycles. The third-order valence-corrected chi connectivity index (χ3v) is 4.13. The molecule has 0 saturated heterocycles. The quantitative estimate of drug-likeness (QED) is 0.822. The first-order valence-corrected chi connectivity index (χ1v) is 8.77. The van der Waals surface area contributed by atoms with E-state index in [1.807, 2.05) is 13.8 Å². The first-order valence-electron chi connectivity index (χ1n) is 8.77. The van der Waals surface area contributed by atoms with E-state index in [4.69, 9.17) is 15.6 Å². The number of aryl methyl sites for hydroxylation is 2. The van der Waals surface area contributed by atoms with Crippen molar-refractivity contribution in [2.75, 3.05) is 6.61 Å². The van der Waals surface area contributed by atoms with Gasteiger partial charge >= 0.3 is 5.97 Å². The van der Waals surface area contributed by atoms with Crippen LogP contribution in [0.1, 0.15) is 57.1 Å². The van der Waals surface area contributed by atoms with Gasteiger partial charge in [0.05, 0.1) is 12.5 Å². The summed E-state index contributed by atoms with van der Waals surface area (Å²) in [5.74, 6) is 0.232. The van der Waals surface area contributed by atoms with Crippen LogP contribution in [0.25, 0.3) is 0 Å². The van der Waals surface area contributed by atoms with Gasteiger partial charge in [0.15, 0.2) is 0 Å². The van der Waals surface area contributed by atoms with Gasteiger partial charge in [0.1, 0.15) is 5.75 Å². The molecule has 1 fully saturated rings. The molecule has 1 saturated carbocycles. The highest BCUT2D eigenvalue weighted by Crippen LogP contribution is 2.25. The second-order valence-corrected chi connectivity index (χ2v) is 6.03. The summed E-state index contributed by atoms with van der Waals surface area (Å²) in [6.45, 7) is 6.98. The van der Waals surface area contributed by atoms with Crippen LogP contribution in [0, 0.1) is 12.8 Å². The summed E-state index contributed by atoms with van der Waals surface area (Å²) in [5.41, 5.74) is 8.25. The molecule has 23 heavy (non-hydrogen) atoms. The van der Waals surface area contributed by atoms with Gasteiger partial charge in [0.25, 0.3) is 0 Å². The first-order chi connectivity index (χ1) is 11.1. The maximum Gasteiger partial charge on any atom is 0.306 e. The smallest absolute Gasteiger partial charge is 0.306 e. The number of hydrogen-bond acceptors (Lipinski definition) is 3. The number of nitrogens with two attached hydrogens (primary N) is 1. The van der Waals surface area contributed by atoms with Crippen molar-refractivity contribution in [2.45, 2.75) is 65.3 Å². The molecule has 0 bridgehead atoms. The van der Waals surface area contributed by atoms with E-state index in [1.165, 1.54) is 17.5 Å². The lowest BCUT2D eigenvalue weighted by atomic mass is 9.86. The Bertz CT molecular complexity index is 488. The Morgan fingerprint density at radius 1 is 1.26 bits per heavy atom. The number of fused-ring (bicyclic) bond motifs is 1. The molecule has 2 atom stereocenters. The van der Waals surface area contributed by atoms with E-state index in [0.717, 1.165) is 38.0 Å². The van der Waals surface area contributed by atoms with Gasteiger partial charge < -0.3 is 15.6 Å². The van der Waals surface area contributed by atoms with Crippen molar-refractivity contribution in [3.05, 3.63) is 29.3 Å². The van der Waals surface area contributed by atoms with Gasteiger partial charge in [-0.15, -0.1) is 0 Å². The highest BCUT2D eigenvalue weighted by molar-refractivity contribution is 5.70. The topological polar surface area (TPSA) is 72.5 Å². The molecule has 3 rings (SSSR count). The minimum Gasteiger partial charge on any atom is -0.493 e. The summed E-state index contributed by atoms with van der Waals surface area (Å²) in [6, 6.07) is 6.56. The largest absolute Gasteiger partial charge is 0.493 e. The van der Waals surface area contributed by atoms with Crippen molar-refractivity contribution in [2.24, 2.45) is 11.7 Å². The molecule has 2 aliphatic rings. The van der Waals surface area contributed by atoms with Gasteiger partial charge in [-0.25, -0.2) is 0 Å². The third-order valence-electron chi connectivity index (χ3n) is 4.13. The zero-order valence-electron chi connectivity index (χ0n) is 14.7. The number of rotatable bonds is 1. The van der Waals surface area contributed by atoms with Crippen LogP contribution in [0.3, 0.4) is 0 Å². The van der Waals surface area contributed by atoms with Gasteiger partial charge in [-0.1, -0.05) is 32.4 Å². The van der Waals surface area contributed by atoms with Gasteiger partial charge in [-0.05, 0) is 56.2 Å². The Morgan fingerprint density at radius 2 is 2.00 bits per heavy atom. The Hall–Kier alpha value is -1.55. The molecule has 4 nitrogen and oxygen atoms in total. The molecule has 3 N–H and O–H groups in total. The van der Waals surface area contributed by atoms with Crippen LogP contribution in [0.4, 0.5) is 0 Å². The van der Waals surface area contributed by atoms with Gasteiger partial charge in [-0.2, -0.15) is 0 Å². The number of carbonyl (C=O) groups is 1. The highest BCUT2D eigenvalue weighted by atomic mass is 16.5. The predicted molar refractivity (Wildman–Crippen MR) is 93.9 cm³/mol. The summed E-state index contributed by atoms with van der Waals surface area (Å²) >= 11 is 0. The lowest BCUT2D eigenvalue weighted by molar-refractivity contribution is -0.142. The number of carboxylic acids is 1. The van der Waals surface area contributed by atoms with Crippen molar-refractivity contribution >= 4 is 5.97 Å². The summed E-state index contributed by atoms with van der Waals surface area (Å²) in [7, 11) is 0. The van der Waals surface area contributed by atoms with Gasteiger partial charge in [0.2, 0.25) is 0 Å². The van der Waals surface area contributed by atoms with Crippen LogP contribution in [0.15, 0.2) is 18.2 Å². The minimum atomic E-state index is -0.685. The SMILES string of the molecule is CC.Cc1ccc2c(c1)OCCC2.NC1CCCC(C(=O)O)C1. The van der Waals surface area contributed by atoms with E-state index in [-0.39, 0.29) is 12.0 Å². The Kier molecular flexibility index (Phi) is 8.70. The predicted octanol–water partition coefficient (Wildman–Crippen LogP) is 3.93. The van der Waals surface area contributed by atoms with Crippen molar-refractivity contribution in [3.63, 3.8) is 0 Å². The van der Waals surface area contributed by atoms with Crippen LogP contribution in [0.5, 0.6) is 5.75 Å². The fourth-order valence-corrected chi connectivity index (χ4v) is 2.90. The maximum absolute atomic E-state index is 10.4. The molecule has 2 unspecified atom stereocenters. The molecule has 1 aliphatic heterocycles. The first kappa shape index (κ1) is 19.5. The van der Waals surface area contributed by atoms with Crippen LogP contribution in [-0.4, -0.2) is 23.7 Å². The number of benzene rings is 1. The summed E-state index contributed by atoms with van der Waals surface area (Å²) in [5, 5.41) is 8.60. The summed E-state index contributed by atoms with van der Waals surface area (Å²) < 4.78 is 5.50. The standard InChI is InChI=1S/C10H12O.C7H13NO2.C2H6/c1-8-4-5-9-3-2-6-11-10(9)7-8;8-6-3-1-2-5(4-6)7(9)10;1-2/h4-5,7H,2-3,6H2,1H3;5-6H,1-4,8H2,(H,9,10);1-2H3. The number of aliphatic carboxylic acids is 1. The molecule has 0 spiro atoms. The van der Waals surface area contributed by atoms with E-state index in [1.54, 1.807) is 0 Å². The lowest BCUT2D eigenvalue weighted by Gasteiger charge is -2.22. The van der Waals surface area contributed by atoms with Gasteiger partial charge in [0, 0.05) is 6.04 Å². The van der Waals surface area contributed by atoms with Crippen LogP contribution < -0.4 is 10.5 Å². The molecular weight excluding hydrogens is 290 g/mol. The van der Waals surface area contributed by atoms with Crippen molar-refractivity contribution in [1.82, 2.24) is 0 Å². The molecule has 1 aromatic rings. The molecular formula is C19H31NO3. The van der Waals surface area contributed by atoms with E-state index >= 15 is 0 Å². The monoisotopic (exact) mass is 321 g/mol. The average Bonchev–Trinajstić information content (AvgIpc) is 2.57. The second-order valence-electron chi connectivity index (χ2n) is 6.03. The molecule has 1 heterocycles. The highest BCUT2D eigenvalue weighted by Gasteiger charge is 2.24. The van der Waals surface area contributed by atoms with Gasteiger partial charge in [-0.3, -0.25) is 4.79 Å². The molecule has 0 amide bonds. The van der Waals surface area contributed by atoms with Crippen LogP contribution in [0.2, 0.25) is 0 Å². The molecule has 130 valence electrons. The molecule has 0 aromatic heterocycles. The Labute approximate surface area is 140 Å². The van der Waals surface area contributed by atoms with E-state index in [0.29, 0.717) is 6.42 Å².